The summed E-state index contributed by atoms with van der Waals surface area (Å²) in [5.41, 5.74) is 0. The van der Waals surface area contributed by atoms with Crippen molar-refractivity contribution in [3.05, 3.63) is 29.3 Å². The number of aliphatic hydroxyl groups is 1. The van der Waals surface area contributed by atoms with Crippen molar-refractivity contribution in [3.8, 4) is 5.75 Å². The monoisotopic (exact) mass is 297 g/mol. The van der Waals surface area contributed by atoms with Crippen LogP contribution in [0, 0.1) is 0 Å². The van der Waals surface area contributed by atoms with Crippen molar-refractivity contribution in [2.75, 3.05) is 26.3 Å². The first-order valence-corrected chi connectivity index (χ1v) is 7.90. The maximum atomic E-state index is 9.46. The van der Waals surface area contributed by atoms with Gasteiger partial charge in [0.05, 0.1) is 13.2 Å². The van der Waals surface area contributed by atoms with Crippen LogP contribution in [0.25, 0.3) is 0 Å². The van der Waals surface area contributed by atoms with Crippen LogP contribution in [0.15, 0.2) is 24.3 Å². The molecule has 1 aliphatic heterocycles. The average Bonchev–Trinajstić information content (AvgIpc) is 2.70. The van der Waals surface area contributed by atoms with Gasteiger partial charge in [-0.3, -0.25) is 4.90 Å². The number of halogens is 1. The van der Waals surface area contributed by atoms with E-state index < -0.39 is 0 Å². The molecule has 0 bridgehead atoms. The van der Waals surface area contributed by atoms with Gasteiger partial charge in [0.2, 0.25) is 0 Å². The molecular weight excluding hydrogens is 274 g/mol. The fraction of sp³-hybridized carbons (Fsp3) is 0.625. The number of ether oxygens (including phenoxy) is 1. The highest BCUT2D eigenvalue weighted by atomic mass is 35.5. The Bertz CT molecular complexity index is 383. The number of hydrogen-bond donors (Lipinski definition) is 1. The lowest BCUT2D eigenvalue weighted by Crippen LogP contribution is -2.38. The molecule has 4 heteroatoms. The Hall–Kier alpha value is -0.770. The number of hydrogen-bond acceptors (Lipinski definition) is 3. The van der Waals surface area contributed by atoms with Crippen LogP contribution in [0.5, 0.6) is 5.75 Å². The van der Waals surface area contributed by atoms with Gasteiger partial charge in [0, 0.05) is 17.6 Å². The van der Waals surface area contributed by atoms with Crippen LogP contribution in [0.2, 0.25) is 5.02 Å². The summed E-state index contributed by atoms with van der Waals surface area (Å²) in [4.78, 5) is 2.41. The van der Waals surface area contributed by atoms with E-state index in [1.807, 2.05) is 24.3 Å². The molecule has 1 aromatic carbocycles. The van der Waals surface area contributed by atoms with Crippen LogP contribution in [0.3, 0.4) is 0 Å². The maximum absolute atomic E-state index is 9.46. The molecule has 0 radical (unpaired) electrons. The quantitative estimate of drug-likeness (QED) is 0.818. The normalized spacial score (nSPS) is 20.6. The second-order valence-corrected chi connectivity index (χ2v) is 5.81. The minimum absolute atomic E-state index is 0.276. The summed E-state index contributed by atoms with van der Waals surface area (Å²) in [7, 11) is 0. The van der Waals surface area contributed by atoms with Crippen molar-refractivity contribution >= 4 is 11.6 Å². The van der Waals surface area contributed by atoms with E-state index >= 15 is 0 Å². The van der Waals surface area contributed by atoms with Gasteiger partial charge >= 0.3 is 0 Å². The van der Waals surface area contributed by atoms with E-state index in [9.17, 15) is 5.11 Å². The van der Waals surface area contributed by atoms with Crippen molar-refractivity contribution in [1.82, 2.24) is 4.90 Å². The summed E-state index contributed by atoms with van der Waals surface area (Å²) in [6.07, 6.45) is 5.87. The summed E-state index contributed by atoms with van der Waals surface area (Å²) in [5, 5.41) is 10.2. The van der Waals surface area contributed by atoms with E-state index in [-0.39, 0.29) is 6.61 Å². The molecule has 1 atom stereocenters. The summed E-state index contributed by atoms with van der Waals surface area (Å²) in [6, 6.07) is 7.81. The summed E-state index contributed by atoms with van der Waals surface area (Å²) in [5.74, 6) is 0.865. The van der Waals surface area contributed by atoms with Gasteiger partial charge in [-0.1, -0.05) is 24.4 Å². The third-order valence-corrected chi connectivity index (χ3v) is 4.13. The van der Waals surface area contributed by atoms with Gasteiger partial charge in [0.15, 0.2) is 0 Å². The third-order valence-electron chi connectivity index (χ3n) is 3.88. The highest BCUT2D eigenvalue weighted by molar-refractivity contribution is 6.30. The molecule has 1 unspecified atom stereocenters. The first kappa shape index (κ1) is 15.6. The second-order valence-electron chi connectivity index (χ2n) is 5.38. The van der Waals surface area contributed by atoms with Crippen LogP contribution in [0.1, 0.15) is 32.1 Å². The van der Waals surface area contributed by atoms with Gasteiger partial charge in [0.25, 0.3) is 0 Å². The number of likely N-dealkylation sites (tertiary alicyclic amines) is 1. The minimum atomic E-state index is 0.276. The molecule has 1 saturated heterocycles. The highest BCUT2D eigenvalue weighted by Gasteiger charge is 2.19. The van der Waals surface area contributed by atoms with Crippen LogP contribution in [-0.4, -0.2) is 42.4 Å². The van der Waals surface area contributed by atoms with E-state index in [0.717, 1.165) is 36.7 Å². The molecule has 112 valence electrons. The molecule has 1 aromatic rings. The Labute approximate surface area is 126 Å². The fourth-order valence-corrected chi connectivity index (χ4v) is 2.85. The Balaban J connectivity index is 1.70. The van der Waals surface area contributed by atoms with E-state index in [1.165, 1.54) is 19.3 Å². The Morgan fingerprint density at radius 3 is 2.75 bits per heavy atom. The largest absolute Gasteiger partial charge is 0.494 e. The van der Waals surface area contributed by atoms with Gasteiger partial charge in [0.1, 0.15) is 5.75 Å². The van der Waals surface area contributed by atoms with Gasteiger partial charge in [-0.25, -0.2) is 0 Å². The second kappa shape index (κ2) is 8.50. The van der Waals surface area contributed by atoms with E-state index in [2.05, 4.69) is 4.90 Å². The zero-order valence-corrected chi connectivity index (χ0v) is 12.7. The highest BCUT2D eigenvalue weighted by Crippen LogP contribution is 2.18. The number of rotatable bonds is 6. The topological polar surface area (TPSA) is 32.7 Å². The molecule has 1 heterocycles. The lowest BCUT2D eigenvalue weighted by molar-refractivity contribution is 0.118. The SMILES string of the molecule is OCC1CCCCCN1CCCOc1ccc(Cl)cc1. The molecule has 2 rings (SSSR count). The van der Waals surface area contributed by atoms with Crippen LogP contribution in [-0.2, 0) is 0 Å². The zero-order chi connectivity index (χ0) is 14.2. The number of benzene rings is 1. The summed E-state index contributed by atoms with van der Waals surface area (Å²) >= 11 is 5.84. The van der Waals surface area contributed by atoms with Crippen LogP contribution in [0.4, 0.5) is 0 Å². The van der Waals surface area contributed by atoms with Crippen molar-refractivity contribution in [3.63, 3.8) is 0 Å². The predicted molar refractivity (Wildman–Crippen MR) is 82.5 cm³/mol. The summed E-state index contributed by atoms with van der Waals surface area (Å²) in [6.45, 7) is 3.08. The third kappa shape index (κ3) is 4.97. The molecule has 0 amide bonds. The molecular formula is C16H24ClNO2. The van der Waals surface area contributed by atoms with Gasteiger partial charge < -0.3 is 9.84 Å². The molecule has 0 spiro atoms. The molecule has 0 aliphatic carbocycles. The molecule has 20 heavy (non-hydrogen) atoms. The number of aliphatic hydroxyl groups excluding tert-OH is 1. The maximum Gasteiger partial charge on any atom is 0.119 e. The Morgan fingerprint density at radius 2 is 2.00 bits per heavy atom. The van der Waals surface area contributed by atoms with E-state index in [4.69, 9.17) is 16.3 Å². The zero-order valence-electron chi connectivity index (χ0n) is 11.9. The molecule has 0 saturated carbocycles. The van der Waals surface area contributed by atoms with Gasteiger partial charge in [-0.2, -0.15) is 0 Å². The fourth-order valence-electron chi connectivity index (χ4n) is 2.73. The van der Waals surface area contributed by atoms with Crippen molar-refractivity contribution in [2.45, 2.75) is 38.1 Å². The van der Waals surface area contributed by atoms with Crippen molar-refractivity contribution < 1.29 is 9.84 Å². The molecule has 1 N–H and O–H groups in total. The minimum Gasteiger partial charge on any atom is -0.494 e. The standard InChI is InChI=1S/C16H24ClNO2/c17-14-6-8-16(9-7-14)20-12-4-11-18-10-3-1-2-5-15(18)13-19/h6-9,15,19H,1-5,10-13H2. The smallest absolute Gasteiger partial charge is 0.119 e. The van der Waals surface area contributed by atoms with Gasteiger partial charge in [-0.15, -0.1) is 0 Å². The van der Waals surface area contributed by atoms with Crippen molar-refractivity contribution in [2.24, 2.45) is 0 Å². The van der Waals surface area contributed by atoms with Crippen molar-refractivity contribution in [1.29, 1.82) is 0 Å². The summed E-state index contributed by atoms with van der Waals surface area (Å²) < 4.78 is 5.70. The van der Waals surface area contributed by atoms with Gasteiger partial charge in [-0.05, 0) is 50.1 Å². The van der Waals surface area contributed by atoms with E-state index in [0.29, 0.717) is 12.6 Å². The number of nitrogens with zero attached hydrogens (tertiary/aromatic N) is 1. The lowest BCUT2D eigenvalue weighted by atomic mass is 10.1. The Kier molecular flexibility index (Phi) is 6.64. The van der Waals surface area contributed by atoms with Crippen LogP contribution < -0.4 is 4.74 Å². The molecule has 3 nitrogen and oxygen atoms in total. The average molecular weight is 298 g/mol. The predicted octanol–water partition coefficient (Wildman–Crippen LogP) is 3.35. The molecule has 1 fully saturated rings. The molecule has 1 aliphatic rings. The molecule has 0 aromatic heterocycles. The Morgan fingerprint density at radius 1 is 1.20 bits per heavy atom. The lowest BCUT2D eigenvalue weighted by Gasteiger charge is -2.28. The van der Waals surface area contributed by atoms with Crippen LogP contribution >= 0.6 is 11.6 Å². The van der Waals surface area contributed by atoms with E-state index in [1.54, 1.807) is 0 Å². The first-order valence-electron chi connectivity index (χ1n) is 7.53. The first-order chi connectivity index (χ1) is 9.79.